The number of aliphatic carboxylic acids is 2. The minimum absolute atomic E-state index is 0.181. The van der Waals surface area contributed by atoms with E-state index in [4.69, 9.17) is 11.5 Å². The lowest BCUT2D eigenvalue weighted by molar-refractivity contribution is -0.143. The summed E-state index contributed by atoms with van der Waals surface area (Å²) in [6.45, 7) is 2.74. The average Bonchev–Trinajstić information content (AvgIpc) is 3.80. The van der Waals surface area contributed by atoms with E-state index < -0.39 is 170 Å². The van der Waals surface area contributed by atoms with Gasteiger partial charge in [-0.15, -0.1) is 0 Å². The van der Waals surface area contributed by atoms with Crippen LogP contribution in [0.4, 0.5) is 0 Å². The number of fused-ring (bicyclic) bond motifs is 1. The molecule has 2 aromatic carbocycles. The predicted molar refractivity (Wildman–Crippen MR) is 273 cm³/mol. The molecule has 0 aliphatic carbocycles. The quantitative estimate of drug-likeness (QED) is 0.0277. The summed E-state index contributed by atoms with van der Waals surface area (Å²) in [5, 5.41) is 71.4. The summed E-state index contributed by atoms with van der Waals surface area (Å²) >= 11 is 0. The molecule has 78 heavy (non-hydrogen) atoms. The van der Waals surface area contributed by atoms with Crippen molar-refractivity contribution >= 4 is 81.9 Å². The number of hydrogen-bond donors (Lipinski definition) is 17. The first-order valence-electron chi connectivity index (χ1n) is 24.5. The summed E-state index contributed by atoms with van der Waals surface area (Å²) in [5.41, 5.74) is 12.2. The maximum atomic E-state index is 14.1. The number of amides is 10. The molecule has 0 radical (unpaired) electrons. The van der Waals surface area contributed by atoms with Gasteiger partial charge in [0.05, 0.1) is 44.7 Å². The lowest BCUT2D eigenvalue weighted by atomic mass is 9.96. The number of hydrogen-bond acceptors (Lipinski definition) is 16. The van der Waals surface area contributed by atoms with E-state index in [1.54, 1.807) is 67.7 Å². The van der Waals surface area contributed by atoms with Crippen molar-refractivity contribution < 1.29 is 83.1 Å². The number of rotatable bonds is 32. The second-order valence-corrected chi connectivity index (χ2v) is 18.2. The number of aromatic nitrogens is 1. The summed E-state index contributed by atoms with van der Waals surface area (Å²) in [5.74, 6) is -14.5. The molecule has 3 rings (SSSR count). The molecule has 0 saturated carbocycles. The number of aliphatic hydroxyl groups is 3. The maximum Gasteiger partial charge on any atom is 0.326 e. The topological polar surface area (TPSA) is 482 Å². The molecule has 0 aliphatic heterocycles. The van der Waals surface area contributed by atoms with Crippen molar-refractivity contribution in [3.05, 3.63) is 71.9 Å². The van der Waals surface area contributed by atoms with E-state index in [2.05, 4.69) is 52.8 Å². The van der Waals surface area contributed by atoms with E-state index in [1.165, 1.54) is 6.92 Å². The fraction of sp³-hybridized carbons (Fsp3) is 0.469. The maximum absolute atomic E-state index is 14.1. The normalized spacial score (nSPS) is 15.3. The Morgan fingerprint density at radius 2 is 1.06 bits per heavy atom. The van der Waals surface area contributed by atoms with Gasteiger partial charge in [-0.1, -0.05) is 68.8 Å². The van der Waals surface area contributed by atoms with Gasteiger partial charge in [0.15, 0.2) is 0 Å². The van der Waals surface area contributed by atoms with Gasteiger partial charge >= 0.3 is 11.9 Å². The Morgan fingerprint density at radius 1 is 0.564 bits per heavy atom. The van der Waals surface area contributed by atoms with Crippen LogP contribution in [0.15, 0.2) is 60.8 Å². The van der Waals surface area contributed by atoms with Crippen LogP contribution in [-0.2, 0) is 70.4 Å². The third kappa shape index (κ3) is 19.9. The zero-order chi connectivity index (χ0) is 58.4. The van der Waals surface area contributed by atoms with Crippen LogP contribution in [0, 0.1) is 5.92 Å². The smallest absolute Gasteiger partial charge is 0.326 e. The number of carboxylic acid groups (broad SMARTS) is 2. The van der Waals surface area contributed by atoms with Gasteiger partial charge in [-0.05, 0) is 37.0 Å². The van der Waals surface area contributed by atoms with E-state index in [1.807, 2.05) is 0 Å². The molecule has 0 fully saturated rings. The number of para-hydroxylation sites is 1. The Hall–Kier alpha value is -8.54. The number of primary amides is 1. The van der Waals surface area contributed by atoms with Crippen molar-refractivity contribution in [3.63, 3.8) is 0 Å². The summed E-state index contributed by atoms with van der Waals surface area (Å²) in [7, 11) is 0. The van der Waals surface area contributed by atoms with Gasteiger partial charge in [0.1, 0.15) is 48.3 Å². The molecule has 0 unspecified atom stereocenters. The minimum Gasteiger partial charge on any atom is -0.481 e. The fourth-order valence-corrected chi connectivity index (χ4v) is 7.62. The van der Waals surface area contributed by atoms with Crippen molar-refractivity contribution in [2.24, 2.45) is 17.4 Å². The first kappa shape index (κ1) is 63.8. The van der Waals surface area contributed by atoms with Crippen molar-refractivity contribution in [1.82, 2.24) is 52.8 Å². The number of nitrogens with one attached hydrogen (secondary N) is 10. The van der Waals surface area contributed by atoms with Gasteiger partial charge in [0.25, 0.3) is 0 Å². The van der Waals surface area contributed by atoms with Crippen LogP contribution in [0.5, 0.6) is 0 Å². The van der Waals surface area contributed by atoms with Crippen molar-refractivity contribution in [3.8, 4) is 0 Å². The van der Waals surface area contributed by atoms with Crippen molar-refractivity contribution in [1.29, 1.82) is 0 Å². The monoisotopic (exact) mass is 1100 g/mol. The number of aliphatic hydroxyl groups excluding tert-OH is 3. The van der Waals surface area contributed by atoms with E-state index in [0.29, 0.717) is 22.0 Å². The van der Waals surface area contributed by atoms with E-state index in [0.717, 1.165) is 13.8 Å². The first-order valence-corrected chi connectivity index (χ1v) is 24.5. The molecular weight excluding hydrogens is 1030 g/mol. The molecule has 1 aromatic heterocycles. The van der Waals surface area contributed by atoms with Gasteiger partial charge < -0.3 is 89.8 Å². The molecular formula is C49H68N12O17. The van der Waals surface area contributed by atoms with Crippen LogP contribution in [0.3, 0.4) is 0 Å². The molecule has 0 spiro atoms. The summed E-state index contributed by atoms with van der Waals surface area (Å²) < 4.78 is 0. The Balaban J connectivity index is 1.77. The number of carbonyl (C=O) groups excluding carboxylic acids is 10. The molecule has 29 nitrogen and oxygen atoms in total. The Morgan fingerprint density at radius 3 is 1.62 bits per heavy atom. The third-order valence-electron chi connectivity index (χ3n) is 12.1. The lowest BCUT2D eigenvalue weighted by Crippen LogP contribution is -2.63. The summed E-state index contributed by atoms with van der Waals surface area (Å²) in [6.07, 6.45) is -3.67. The third-order valence-corrected chi connectivity index (χ3v) is 12.1. The van der Waals surface area contributed by atoms with Gasteiger partial charge in [-0.2, -0.15) is 0 Å². The molecule has 10 amide bonds. The lowest BCUT2D eigenvalue weighted by Gasteiger charge is -2.30. The largest absolute Gasteiger partial charge is 0.481 e. The average molecular weight is 1100 g/mol. The van der Waals surface area contributed by atoms with Crippen LogP contribution in [-0.4, -0.2) is 182 Å². The van der Waals surface area contributed by atoms with Crippen LogP contribution < -0.4 is 59.3 Å². The zero-order valence-electron chi connectivity index (χ0n) is 43.1. The highest BCUT2D eigenvalue weighted by Gasteiger charge is 2.38. The molecule has 3 aromatic rings. The summed E-state index contributed by atoms with van der Waals surface area (Å²) in [4.78, 5) is 159. The standard InChI is InChI=1S/C49H68N12O17/c1-5-23(2)39(59-48(76)41(25(4)64)60-45(73)32(18-38(68)69)54-36(66)19-50)46(74)61-40(24(3)63)47(75)58-34(22-62)42(70)53-21-37(67)55-30(15-26-11-7-6-8-12-26)43(71)56-31(44(72)57-33(49(77)78)17-35(51)65)16-27-20-52-29-14-10-9-13-28(27)29/h6-14,20,23-25,30-34,39-41,52,62-64H,5,15-19,21-22,50H2,1-4H3,(H2,51,65)(H,53,70)(H,54,66)(H,55,67)(H,56,71)(H,57,72)(H,58,75)(H,59,76)(H,60,73)(H,61,74)(H,68,69)(H,77,78)/t23-,24+,25+,30-,31-,32-,33-,34-,39-,40-,41-/m0/s1. The molecule has 0 aliphatic rings. The van der Waals surface area contributed by atoms with Crippen LogP contribution in [0.25, 0.3) is 10.9 Å². The van der Waals surface area contributed by atoms with E-state index in [-0.39, 0.29) is 19.3 Å². The number of benzene rings is 2. The zero-order valence-corrected chi connectivity index (χ0v) is 43.1. The minimum atomic E-state index is -1.88. The highest BCUT2D eigenvalue weighted by atomic mass is 16.4. The van der Waals surface area contributed by atoms with Gasteiger partial charge in [0.2, 0.25) is 59.1 Å². The highest BCUT2D eigenvalue weighted by molar-refractivity contribution is 5.99. The number of carbonyl (C=O) groups is 12. The molecule has 11 atom stereocenters. The Bertz CT molecular complexity index is 2630. The van der Waals surface area contributed by atoms with E-state index >= 15 is 0 Å². The van der Waals surface area contributed by atoms with E-state index in [9.17, 15) is 83.1 Å². The fourth-order valence-electron chi connectivity index (χ4n) is 7.62. The van der Waals surface area contributed by atoms with Crippen LogP contribution in [0.1, 0.15) is 58.1 Å². The van der Waals surface area contributed by atoms with Crippen LogP contribution >= 0.6 is 0 Å². The number of H-pyrrole nitrogens is 1. The molecule has 0 bridgehead atoms. The molecule has 0 saturated heterocycles. The van der Waals surface area contributed by atoms with Gasteiger partial charge in [0, 0.05) is 29.9 Å². The van der Waals surface area contributed by atoms with Gasteiger partial charge in [-0.3, -0.25) is 52.7 Å². The van der Waals surface area contributed by atoms with Gasteiger partial charge in [-0.25, -0.2) is 4.79 Å². The molecule has 29 heteroatoms. The Kier molecular flexibility index (Phi) is 25.2. The predicted octanol–water partition coefficient (Wildman–Crippen LogP) is -5.86. The molecule has 426 valence electrons. The molecule has 1 heterocycles. The number of aromatic amines is 1. The second-order valence-electron chi connectivity index (χ2n) is 18.2. The second kappa shape index (κ2) is 30.9. The van der Waals surface area contributed by atoms with Crippen molar-refractivity contribution in [2.45, 2.75) is 120 Å². The van der Waals surface area contributed by atoms with Crippen molar-refractivity contribution in [2.75, 3.05) is 19.7 Å². The number of carboxylic acids is 2. The highest BCUT2D eigenvalue weighted by Crippen LogP contribution is 2.20. The first-order chi connectivity index (χ1) is 36.8. The number of nitrogens with two attached hydrogens (primary N) is 2. The SMILES string of the molecule is CC[C@H](C)[C@H](NC(=O)[C@@H](NC(=O)[C@H](CC(=O)O)NC(=O)CN)[C@@H](C)O)C(=O)N[C@H](C(=O)N[C@@H](CO)C(=O)NCC(=O)N[C@@H](Cc1ccccc1)C(=O)N[C@@H](Cc1c[nH]c2ccccc12)C(=O)N[C@@H](CC(N)=O)C(=O)O)[C@@H](C)O. The van der Waals surface area contributed by atoms with Crippen LogP contribution in [0.2, 0.25) is 0 Å². The summed E-state index contributed by atoms with van der Waals surface area (Å²) in [6, 6.07) is 1.73. The Labute approximate surface area is 446 Å². The molecule has 19 N–H and O–H groups in total.